The Hall–Kier alpha value is -1.46. The van der Waals surface area contributed by atoms with Crippen molar-refractivity contribution in [3.05, 3.63) is 41.7 Å². The molecule has 4 nitrogen and oxygen atoms in total. The minimum Gasteiger partial charge on any atom is -0.496 e. The lowest BCUT2D eigenvalue weighted by Gasteiger charge is -2.08. The van der Waals surface area contributed by atoms with Gasteiger partial charge in [-0.1, -0.05) is 23.9 Å². The van der Waals surface area contributed by atoms with Gasteiger partial charge in [0, 0.05) is 30.3 Å². The van der Waals surface area contributed by atoms with Gasteiger partial charge < -0.3 is 15.5 Å². The molecule has 0 aliphatic rings. The summed E-state index contributed by atoms with van der Waals surface area (Å²) < 4.78 is 5.30. The van der Waals surface area contributed by atoms with Crippen molar-refractivity contribution >= 4 is 11.8 Å². The van der Waals surface area contributed by atoms with Crippen molar-refractivity contribution in [3.63, 3.8) is 0 Å². The second-order valence-corrected chi connectivity index (χ2v) is 4.50. The maximum absolute atomic E-state index is 5.63. The van der Waals surface area contributed by atoms with E-state index in [0.717, 1.165) is 22.2 Å². The molecule has 0 aliphatic carbocycles. The van der Waals surface area contributed by atoms with E-state index in [1.807, 2.05) is 18.3 Å². The number of hydrogen-bond donors (Lipinski definition) is 2. The van der Waals surface area contributed by atoms with Crippen molar-refractivity contribution in [2.75, 3.05) is 7.11 Å². The first-order valence-electron chi connectivity index (χ1n) is 5.31. The van der Waals surface area contributed by atoms with Crippen LogP contribution in [0.2, 0.25) is 0 Å². The summed E-state index contributed by atoms with van der Waals surface area (Å²) in [4.78, 5) is 7.22. The van der Waals surface area contributed by atoms with Gasteiger partial charge in [-0.15, -0.1) is 0 Å². The molecule has 0 aliphatic heterocycles. The smallest absolute Gasteiger partial charge is 0.165 e. The Morgan fingerprint density at radius 2 is 2.35 bits per heavy atom. The maximum Gasteiger partial charge on any atom is 0.165 e. The van der Waals surface area contributed by atoms with Crippen molar-refractivity contribution < 1.29 is 4.74 Å². The SMILES string of the molecule is COc1cc(CSc2ncc[nH]2)ccc1CN. The van der Waals surface area contributed by atoms with Gasteiger partial charge in [-0.05, 0) is 11.6 Å². The van der Waals surface area contributed by atoms with E-state index in [4.69, 9.17) is 10.5 Å². The molecule has 0 atom stereocenters. The van der Waals surface area contributed by atoms with Crippen LogP contribution in [0.5, 0.6) is 5.75 Å². The molecule has 0 fully saturated rings. The van der Waals surface area contributed by atoms with Crippen LogP contribution in [0.1, 0.15) is 11.1 Å². The van der Waals surface area contributed by atoms with Crippen LogP contribution in [0.3, 0.4) is 0 Å². The number of imidazole rings is 1. The Balaban J connectivity index is 2.06. The second kappa shape index (κ2) is 5.75. The second-order valence-electron chi connectivity index (χ2n) is 3.53. The average Bonchev–Trinajstić information content (AvgIpc) is 2.89. The van der Waals surface area contributed by atoms with E-state index >= 15 is 0 Å². The zero-order valence-corrected chi connectivity index (χ0v) is 10.5. The lowest BCUT2D eigenvalue weighted by Crippen LogP contribution is -2.00. The van der Waals surface area contributed by atoms with Crippen molar-refractivity contribution in [1.82, 2.24) is 9.97 Å². The third-order valence-corrected chi connectivity index (χ3v) is 3.39. The van der Waals surface area contributed by atoms with E-state index in [1.54, 1.807) is 25.1 Å². The largest absolute Gasteiger partial charge is 0.496 e. The van der Waals surface area contributed by atoms with Crippen molar-refractivity contribution in [1.29, 1.82) is 0 Å². The molecule has 0 saturated heterocycles. The number of nitrogens with zero attached hydrogens (tertiary/aromatic N) is 1. The van der Waals surface area contributed by atoms with Gasteiger partial charge in [-0.2, -0.15) is 0 Å². The molecule has 0 saturated carbocycles. The molecule has 1 aromatic heterocycles. The predicted molar refractivity (Wildman–Crippen MR) is 69.0 cm³/mol. The van der Waals surface area contributed by atoms with Crippen LogP contribution in [0.4, 0.5) is 0 Å². The first-order chi connectivity index (χ1) is 8.33. The topological polar surface area (TPSA) is 63.9 Å². The summed E-state index contributed by atoms with van der Waals surface area (Å²) in [5.41, 5.74) is 7.85. The highest BCUT2D eigenvalue weighted by molar-refractivity contribution is 7.98. The van der Waals surface area contributed by atoms with Crippen LogP contribution in [-0.2, 0) is 12.3 Å². The van der Waals surface area contributed by atoms with E-state index in [0.29, 0.717) is 6.54 Å². The van der Waals surface area contributed by atoms with E-state index in [2.05, 4.69) is 16.0 Å². The standard InChI is InChI=1S/C12H15N3OS/c1-16-11-6-9(2-3-10(11)7-13)8-17-12-14-4-5-15-12/h2-6H,7-8,13H2,1H3,(H,14,15). The first-order valence-corrected chi connectivity index (χ1v) is 6.30. The van der Waals surface area contributed by atoms with Crippen LogP contribution in [-0.4, -0.2) is 17.1 Å². The van der Waals surface area contributed by atoms with Crippen molar-refractivity contribution in [2.24, 2.45) is 5.73 Å². The summed E-state index contributed by atoms with van der Waals surface area (Å²) in [6, 6.07) is 6.11. The number of ether oxygens (including phenoxy) is 1. The van der Waals surface area contributed by atoms with Crippen LogP contribution in [0.15, 0.2) is 35.7 Å². The van der Waals surface area contributed by atoms with E-state index in [-0.39, 0.29) is 0 Å². The molecule has 2 rings (SSSR count). The summed E-state index contributed by atoms with van der Waals surface area (Å²) in [6.45, 7) is 0.495. The Kier molecular flexibility index (Phi) is 4.06. The van der Waals surface area contributed by atoms with Crippen LogP contribution in [0, 0.1) is 0 Å². The van der Waals surface area contributed by atoms with Gasteiger partial charge in [-0.25, -0.2) is 4.98 Å². The zero-order chi connectivity index (χ0) is 12.1. The zero-order valence-electron chi connectivity index (χ0n) is 9.64. The number of aromatic nitrogens is 2. The fourth-order valence-corrected chi connectivity index (χ4v) is 2.30. The first kappa shape index (κ1) is 12.0. The summed E-state index contributed by atoms with van der Waals surface area (Å²) in [6.07, 6.45) is 3.57. The maximum atomic E-state index is 5.63. The third-order valence-electron chi connectivity index (χ3n) is 2.42. The monoisotopic (exact) mass is 249 g/mol. The minimum absolute atomic E-state index is 0.495. The van der Waals surface area contributed by atoms with Crippen molar-refractivity contribution in [2.45, 2.75) is 17.5 Å². The van der Waals surface area contributed by atoms with Gasteiger partial charge in [-0.3, -0.25) is 0 Å². The van der Waals surface area contributed by atoms with Gasteiger partial charge in [0.25, 0.3) is 0 Å². The fourth-order valence-electron chi connectivity index (χ4n) is 1.53. The number of nitrogens with two attached hydrogens (primary N) is 1. The normalized spacial score (nSPS) is 10.5. The quantitative estimate of drug-likeness (QED) is 0.797. The third kappa shape index (κ3) is 3.01. The van der Waals surface area contributed by atoms with Crippen molar-refractivity contribution in [3.8, 4) is 5.75 Å². The molecule has 1 aromatic carbocycles. The average molecular weight is 249 g/mol. The number of methoxy groups -OCH3 is 1. The van der Waals surface area contributed by atoms with Gasteiger partial charge >= 0.3 is 0 Å². The molecule has 2 aromatic rings. The highest BCUT2D eigenvalue weighted by atomic mass is 32.2. The van der Waals surface area contributed by atoms with Gasteiger partial charge in [0.2, 0.25) is 0 Å². The van der Waals surface area contributed by atoms with E-state index < -0.39 is 0 Å². The molecule has 0 bridgehead atoms. The fraction of sp³-hybridized carbons (Fsp3) is 0.250. The lowest BCUT2D eigenvalue weighted by atomic mass is 10.1. The highest BCUT2D eigenvalue weighted by Gasteiger charge is 2.04. The summed E-state index contributed by atoms with van der Waals surface area (Å²) in [5.74, 6) is 1.71. The van der Waals surface area contributed by atoms with E-state index in [9.17, 15) is 0 Å². The molecule has 0 amide bonds. The molecular weight excluding hydrogens is 234 g/mol. The minimum atomic E-state index is 0.495. The Labute approximate surface area is 105 Å². The Morgan fingerprint density at radius 1 is 1.47 bits per heavy atom. The highest BCUT2D eigenvalue weighted by Crippen LogP contribution is 2.24. The number of H-pyrrole nitrogens is 1. The Bertz CT molecular complexity index is 471. The van der Waals surface area contributed by atoms with Crippen LogP contribution < -0.4 is 10.5 Å². The van der Waals surface area contributed by atoms with Gasteiger partial charge in [0.15, 0.2) is 5.16 Å². The molecule has 0 spiro atoms. The molecule has 17 heavy (non-hydrogen) atoms. The number of thioether (sulfide) groups is 1. The summed E-state index contributed by atoms with van der Waals surface area (Å²) in [7, 11) is 1.66. The van der Waals surface area contributed by atoms with Crippen LogP contribution in [0.25, 0.3) is 0 Å². The predicted octanol–water partition coefficient (Wildman–Crippen LogP) is 2.17. The number of rotatable bonds is 5. The summed E-state index contributed by atoms with van der Waals surface area (Å²) >= 11 is 1.66. The number of aromatic amines is 1. The number of benzene rings is 1. The molecule has 1 heterocycles. The molecular formula is C12H15N3OS. The number of hydrogen-bond acceptors (Lipinski definition) is 4. The van der Waals surface area contributed by atoms with Crippen LogP contribution >= 0.6 is 11.8 Å². The molecule has 0 radical (unpaired) electrons. The molecule has 3 N–H and O–H groups in total. The summed E-state index contributed by atoms with van der Waals surface area (Å²) in [5, 5.41) is 0.923. The van der Waals surface area contributed by atoms with E-state index in [1.165, 1.54) is 5.56 Å². The molecule has 5 heteroatoms. The molecule has 0 unspecified atom stereocenters. The number of nitrogens with one attached hydrogen (secondary N) is 1. The Morgan fingerprint density at radius 3 is 3.00 bits per heavy atom. The van der Waals surface area contributed by atoms with Gasteiger partial charge in [0.05, 0.1) is 7.11 Å². The lowest BCUT2D eigenvalue weighted by molar-refractivity contribution is 0.409. The van der Waals surface area contributed by atoms with Gasteiger partial charge in [0.1, 0.15) is 5.75 Å². The molecule has 90 valence electrons.